The van der Waals surface area contributed by atoms with Crippen LogP contribution in [0.15, 0.2) is 24.3 Å². The molecule has 2 heteroatoms. The minimum absolute atomic E-state index is 0.187. The molecule has 2 nitrogen and oxygen atoms in total. The average molecular weight is 198 g/mol. The molecule has 0 heterocycles. The van der Waals surface area contributed by atoms with Gasteiger partial charge in [-0.15, -0.1) is 0 Å². The Bertz CT molecular complexity index is 203. The molecule has 0 N–H and O–H groups in total. The maximum Gasteiger partial charge on any atom is 0.333 e. The molecular weight excluding hydrogens is 176 g/mol. The summed E-state index contributed by atoms with van der Waals surface area (Å²) in [5.41, 5.74) is 0.322. The summed E-state index contributed by atoms with van der Waals surface area (Å²) in [7, 11) is 1.36. The molecule has 0 aliphatic rings. The van der Waals surface area contributed by atoms with Crippen molar-refractivity contribution in [1.82, 2.24) is 0 Å². The molecule has 0 aromatic heterocycles. The van der Waals surface area contributed by atoms with E-state index >= 15 is 0 Å². The van der Waals surface area contributed by atoms with E-state index < -0.39 is 0 Å². The first-order chi connectivity index (χ1) is 6.31. The molecular formula is C12H22O2. The van der Waals surface area contributed by atoms with Gasteiger partial charge in [-0.1, -0.05) is 39.5 Å². The Morgan fingerprint density at radius 1 is 1.21 bits per heavy atom. The molecule has 0 radical (unpaired) electrons. The zero-order valence-electron chi connectivity index (χ0n) is 10.2. The number of ether oxygens (including phenoxy) is 1. The fourth-order valence-electron chi connectivity index (χ4n) is 0.429. The van der Waals surface area contributed by atoms with Crippen LogP contribution in [-0.2, 0) is 9.53 Å². The van der Waals surface area contributed by atoms with Gasteiger partial charge < -0.3 is 4.74 Å². The summed E-state index contributed by atoms with van der Waals surface area (Å²) in [6.07, 6.45) is 4.00. The van der Waals surface area contributed by atoms with Gasteiger partial charge in [-0.2, -0.15) is 0 Å². The Morgan fingerprint density at radius 2 is 1.57 bits per heavy atom. The third-order valence-corrected chi connectivity index (χ3v) is 1.67. The maximum absolute atomic E-state index is 10.8. The van der Waals surface area contributed by atoms with Gasteiger partial charge in [0.1, 0.15) is 0 Å². The van der Waals surface area contributed by atoms with Gasteiger partial charge in [-0.3, -0.25) is 0 Å². The molecule has 0 aliphatic heterocycles. The largest absolute Gasteiger partial charge is 0.466 e. The molecule has 0 fully saturated rings. The summed E-state index contributed by atoms with van der Waals surface area (Å²) in [5.74, 6) is -0.326. The summed E-state index contributed by atoms with van der Waals surface area (Å²) >= 11 is 0. The Labute approximate surface area is 87.7 Å². The standard InChI is InChI=1S/C8H14O2.C4H8/c1-6(7(9)10-5)8(2,3)4;1-3-4-2/h1H2,2-5H3;3-4H,1-2H3. The van der Waals surface area contributed by atoms with E-state index in [4.69, 9.17) is 0 Å². The van der Waals surface area contributed by atoms with E-state index in [-0.39, 0.29) is 11.4 Å². The molecule has 0 atom stereocenters. The van der Waals surface area contributed by atoms with Gasteiger partial charge in [0.25, 0.3) is 0 Å². The van der Waals surface area contributed by atoms with Crippen molar-refractivity contribution in [2.75, 3.05) is 7.11 Å². The third kappa shape index (κ3) is 7.59. The minimum atomic E-state index is -0.326. The van der Waals surface area contributed by atoms with E-state index in [2.05, 4.69) is 11.3 Å². The van der Waals surface area contributed by atoms with Gasteiger partial charge in [0.15, 0.2) is 0 Å². The molecule has 0 aromatic carbocycles. The molecule has 0 spiro atoms. The zero-order valence-corrected chi connectivity index (χ0v) is 10.2. The highest BCUT2D eigenvalue weighted by Crippen LogP contribution is 2.23. The van der Waals surface area contributed by atoms with Crippen LogP contribution in [0.5, 0.6) is 0 Å². The lowest BCUT2D eigenvalue weighted by Crippen LogP contribution is -2.17. The highest BCUT2D eigenvalue weighted by Gasteiger charge is 2.21. The lowest BCUT2D eigenvalue weighted by Gasteiger charge is -2.18. The van der Waals surface area contributed by atoms with Crippen LogP contribution in [0.25, 0.3) is 0 Å². The molecule has 0 amide bonds. The van der Waals surface area contributed by atoms with E-state index in [1.807, 2.05) is 46.8 Å². The van der Waals surface area contributed by atoms with E-state index in [1.165, 1.54) is 7.11 Å². The Balaban J connectivity index is 0. The average Bonchev–Trinajstić information content (AvgIpc) is 2.14. The minimum Gasteiger partial charge on any atom is -0.466 e. The molecule has 0 unspecified atom stereocenters. The molecule has 14 heavy (non-hydrogen) atoms. The predicted octanol–water partition coefficient (Wildman–Crippen LogP) is 3.34. The van der Waals surface area contributed by atoms with Crippen molar-refractivity contribution in [3.05, 3.63) is 24.3 Å². The van der Waals surface area contributed by atoms with Crippen molar-refractivity contribution in [3.8, 4) is 0 Å². The number of esters is 1. The summed E-state index contributed by atoms with van der Waals surface area (Å²) < 4.78 is 4.50. The SMILES string of the molecule is C=C(C(=O)OC)C(C)(C)C.CC=CC. The lowest BCUT2D eigenvalue weighted by molar-refractivity contribution is -0.137. The van der Waals surface area contributed by atoms with Gasteiger partial charge in [0, 0.05) is 5.57 Å². The number of hydrogen-bond donors (Lipinski definition) is 0. The summed E-state index contributed by atoms with van der Waals surface area (Å²) in [4.78, 5) is 10.8. The van der Waals surface area contributed by atoms with E-state index in [0.29, 0.717) is 5.57 Å². The third-order valence-electron chi connectivity index (χ3n) is 1.67. The quantitative estimate of drug-likeness (QED) is 0.367. The van der Waals surface area contributed by atoms with Gasteiger partial charge >= 0.3 is 5.97 Å². The van der Waals surface area contributed by atoms with E-state index in [0.717, 1.165) is 0 Å². The first-order valence-corrected chi connectivity index (χ1v) is 4.66. The van der Waals surface area contributed by atoms with Crippen LogP contribution < -0.4 is 0 Å². The monoisotopic (exact) mass is 198 g/mol. The highest BCUT2D eigenvalue weighted by molar-refractivity contribution is 5.88. The van der Waals surface area contributed by atoms with Gasteiger partial charge in [0.05, 0.1) is 7.11 Å². The van der Waals surface area contributed by atoms with E-state index in [1.54, 1.807) is 0 Å². The topological polar surface area (TPSA) is 26.3 Å². The number of allylic oxidation sites excluding steroid dienone is 2. The Morgan fingerprint density at radius 3 is 1.64 bits per heavy atom. The number of methoxy groups -OCH3 is 1. The van der Waals surface area contributed by atoms with Crippen LogP contribution in [0, 0.1) is 5.41 Å². The van der Waals surface area contributed by atoms with Crippen molar-refractivity contribution in [2.45, 2.75) is 34.6 Å². The van der Waals surface area contributed by atoms with Crippen LogP contribution in [0.2, 0.25) is 0 Å². The Hall–Kier alpha value is -1.05. The zero-order chi connectivity index (χ0) is 11.8. The van der Waals surface area contributed by atoms with Crippen LogP contribution >= 0.6 is 0 Å². The van der Waals surface area contributed by atoms with Crippen LogP contribution in [0.4, 0.5) is 0 Å². The number of hydrogen-bond acceptors (Lipinski definition) is 2. The van der Waals surface area contributed by atoms with E-state index in [9.17, 15) is 4.79 Å². The second-order valence-electron chi connectivity index (χ2n) is 3.89. The molecule has 82 valence electrons. The smallest absolute Gasteiger partial charge is 0.333 e. The number of rotatable bonds is 1. The van der Waals surface area contributed by atoms with Gasteiger partial charge in [0.2, 0.25) is 0 Å². The van der Waals surface area contributed by atoms with Crippen LogP contribution in [0.1, 0.15) is 34.6 Å². The molecule has 0 aromatic rings. The van der Waals surface area contributed by atoms with Crippen molar-refractivity contribution >= 4 is 5.97 Å². The summed E-state index contributed by atoms with van der Waals surface area (Å²) in [6.45, 7) is 13.4. The maximum atomic E-state index is 10.8. The summed E-state index contributed by atoms with van der Waals surface area (Å²) in [5, 5.41) is 0. The lowest BCUT2D eigenvalue weighted by atomic mass is 9.88. The van der Waals surface area contributed by atoms with Crippen molar-refractivity contribution in [3.63, 3.8) is 0 Å². The first kappa shape index (κ1) is 15.4. The van der Waals surface area contributed by atoms with Crippen molar-refractivity contribution in [2.24, 2.45) is 5.41 Å². The molecule has 0 saturated carbocycles. The fourth-order valence-corrected chi connectivity index (χ4v) is 0.429. The number of carbonyl (C=O) groups excluding carboxylic acids is 1. The molecule has 0 rings (SSSR count). The van der Waals surface area contributed by atoms with Crippen molar-refractivity contribution < 1.29 is 9.53 Å². The molecule has 0 saturated heterocycles. The Kier molecular flexibility index (Phi) is 8.11. The second-order valence-corrected chi connectivity index (χ2v) is 3.89. The summed E-state index contributed by atoms with van der Waals surface area (Å²) in [6, 6.07) is 0. The van der Waals surface area contributed by atoms with Gasteiger partial charge in [-0.25, -0.2) is 4.79 Å². The fraction of sp³-hybridized carbons (Fsp3) is 0.583. The molecule has 0 bridgehead atoms. The second kappa shape index (κ2) is 7.36. The van der Waals surface area contributed by atoms with Crippen LogP contribution in [-0.4, -0.2) is 13.1 Å². The highest BCUT2D eigenvalue weighted by atomic mass is 16.5. The number of carbonyl (C=O) groups is 1. The van der Waals surface area contributed by atoms with Gasteiger partial charge in [-0.05, 0) is 19.3 Å². The molecule has 0 aliphatic carbocycles. The predicted molar refractivity (Wildman–Crippen MR) is 61.1 cm³/mol. The first-order valence-electron chi connectivity index (χ1n) is 4.66. The normalized spacial score (nSPS) is 10.4. The van der Waals surface area contributed by atoms with Crippen LogP contribution in [0.3, 0.4) is 0 Å². The van der Waals surface area contributed by atoms with Crippen molar-refractivity contribution in [1.29, 1.82) is 0 Å².